The molecule has 7 nitrogen and oxygen atoms in total. The zero-order valence-electron chi connectivity index (χ0n) is 8.79. The fourth-order valence-electron chi connectivity index (χ4n) is 1.46. The fourth-order valence-corrected chi connectivity index (χ4v) is 2.19. The maximum Gasteiger partial charge on any atom is 0.239 e. The Balaban J connectivity index is 1.89. The number of aryl methyl sites for hydroxylation is 1. The molecule has 0 radical (unpaired) electrons. The maximum atomic E-state index is 11.7. The number of aromatic nitrogens is 4. The molecule has 0 aromatic carbocycles. The highest BCUT2D eigenvalue weighted by molar-refractivity contribution is 7.99. The van der Waals surface area contributed by atoms with Gasteiger partial charge in [0, 0.05) is 20.0 Å². The lowest BCUT2D eigenvalue weighted by molar-refractivity contribution is -0.140. The van der Waals surface area contributed by atoms with E-state index in [9.17, 15) is 9.59 Å². The lowest BCUT2D eigenvalue weighted by atomic mass is 10.4. The average Bonchev–Trinajstić information content (AvgIpc) is 2.84. The third-order valence-corrected chi connectivity index (χ3v) is 3.28. The first-order valence-corrected chi connectivity index (χ1v) is 5.85. The Bertz CT molecular complexity index is 418. The molecule has 2 amide bonds. The summed E-state index contributed by atoms with van der Waals surface area (Å²) < 4.78 is 1.49. The molecule has 86 valence electrons. The monoisotopic (exact) mass is 241 g/mol. The second-order valence-electron chi connectivity index (χ2n) is 3.42. The van der Waals surface area contributed by atoms with E-state index in [2.05, 4.69) is 15.5 Å². The number of hydrogen-bond donors (Lipinski definition) is 0. The van der Waals surface area contributed by atoms with E-state index in [1.807, 2.05) is 0 Å². The molecular weight excluding hydrogens is 230 g/mol. The molecule has 0 saturated carbocycles. The van der Waals surface area contributed by atoms with Crippen LogP contribution in [0.15, 0.2) is 5.16 Å². The van der Waals surface area contributed by atoms with Crippen LogP contribution in [0.4, 0.5) is 0 Å². The lowest BCUT2D eigenvalue weighted by Gasteiger charge is -2.12. The molecule has 0 aliphatic carbocycles. The molecule has 1 aliphatic heterocycles. The molecule has 1 fully saturated rings. The SMILES string of the molecule is Cn1nnnc1SCC(=O)N1CCCC1=O. The van der Waals surface area contributed by atoms with Gasteiger partial charge >= 0.3 is 0 Å². The number of carbonyl (C=O) groups excluding carboxylic acids is 2. The van der Waals surface area contributed by atoms with E-state index in [-0.39, 0.29) is 17.6 Å². The first-order valence-electron chi connectivity index (χ1n) is 4.87. The van der Waals surface area contributed by atoms with Gasteiger partial charge in [-0.25, -0.2) is 4.68 Å². The van der Waals surface area contributed by atoms with Crippen LogP contribution in [0, 0.1) is 0 Å². The van der Waals surface area contributed by atoms with Gasteiger partial charge < -0.3 is 0 Å². The summed E-state index contributed by atoms with van der Waals surface area (Å²) in [4.78, 5) is 24.3. The van der Waals surface area contributed by atoms with Gasteiger partial charge in [0.2, 0.25) is 17.0 Å². The van der Waals surface area contributed by atoms with Gasteiger partial charge in [0.1, 0.15) is 0 Å². The van der Waals surface area contributed by atoms with Crippen molar-refractivity contribution in [2.24, 2.45) is 7.05 Å². The summed E-state index contributed by atoms with van der Waals surface area (Å²) in [5.41, 5.74) is 0. The normalized spacial score (nSPS) is 15.8. The van der Waals surface area contributed by atoms with Gasteiger partial charge in [0.05, 0.1) is 5.75 Å². The van der Waals surface area contributed by atoms with Gasteiger partial charge in [-0.05, 0) is 16.8 Å². The number of thioether (sulfide) groups is 1. The van der Waals surface area contributed by atoms with Crippen LogP contribution in [0.1, 0.15) is 12.8 Å². The van der Waals surface area contributed by atoms with Gasteiger partial charge in [-0.15, -0.1) is 5.10 Å². The molecule has 0 spiro atoms. The summed E-state index contributed by atoms with van der Waals surface area (Å²) in [6.07, 6.45) is 1.24. The summed E-state index contributed by atoms with van der Waals surface area (Å²) in [7, 11) is 1.70. The highest BCUT2D eigenvalue weighted by Gasteiger charge is 2.26. The number of rotatable bonds is 3. The van der Waals surface area contributed by atoms with Crippen LogP contribution in [0.3, 0.4) is 0 Å². The summed E-state index contributed by atoms with van der Waals surface area (Å²) in [5.74, 6) is -0.0582. The molecule has 2 rings (SSSR count). The molecular formula is C8H11N5O2S. The van der Waals surface area contributed by atoms with E-state index in [0.717, 1.165) is 6.42 Å². The predicted octanol–water partition coefficient (Wildman–Crippen LogP) is -0.549. The molecule has 0 N–H and O–H groups in total. The summed E-state index contributed by atoms with van der Waals surface area (Å²) >= 11 is 1.23. The summed E-state index contributed by atoms with van der Waals surface area (Å²) in [6, 6.07) is 0. The number of nitrogens with zero attached hydrogens (tertiary/aromatic N) is 5. The van der Waals surface area contributed by atoms with Crippen LogP contribution in [0.2, 0.25) is 0 Å². The van der Waals surface area contributed by atoms with Crippen molar-refractivity contribution in [1.82, 2.24) is 25.1 Å². The van der Waals surface area contributed by atoms with Gasteiger partial charge in [-0.2, -0.15) is 0 Å². The number of imide groups is 1. The van der Waals surface area contributed by atoms with E-state index in [4.69, 9.17) is 0 Å². The Hall–Kier alpha value is -1.44. The zero-order valence-corrected chi connectivity index (χ0v) is 9.61. The third-order valence-electron chi connectivity index (χ3n) is 2.28. The quantitative estimate of drug-likeness (QED) is 0.660. The van der Waals surface area contributed by atoms with E-state index >= 15 is 0 Å². The molecule has 0 unspecified atom stereocenters. The summed E-state index contributed by atoms with van der Waals surface area (Å²) in [6.45, 7) is 0.537. The Morgan fingerprint density at radius 2 is 2.38 bits per heavy atom. The largest absolute Gasteiger partial charge is 0.282 e. The van der Waals surface area contributed by atoms with Crippen LogP contribution >= 0.6 is 11.8 Å². The summed E-state index contributed by atoms with van der Waals surface area (Å²) in [5, 5.41) is 11.4. The Morgan fingerprint density at radius 3 is 2.94 bits per heavy atom. The van der Waals surface area contributed by atoms with Crippen molar-refractivity contribution in [1.29, 1.82) is 0 Å². The number of likely N-dealkylation sites (tertiary alicyclic amines) is 1. The molecule has 2 heterocycles. The topological polar surface area (TPSA) is 81.0 Å². The van der Waals surface area contributed by atoms with Gasteiger partial charge in [-0.3, -0.25) is 14.5 Å². The van der Waals surface area contributed by atoms with Crippen molar-refractivity contribution in [3.8, 4) is 0 Å². The fraction of sp³-hybridized carbons (Fsp3) is 0.625. The van der Waals surface area contributed by atoms with Gasteiger partial charge in [0.25, 0.3) is 0 Å². The minimum atomic E-state index is -0.171. The first kappa shape index (κ1) is 11.1. The molecule has 1 saturated heterocycles. The van der Waals surface area contributed by atoms with E-state index in [1.54, 1.807) is 7.05 Å². The van der Waals surface area contributed by atoms with Crippen molar-refractivity contribution in [3.63, 3.8) is 0 Å². The Morgan fingerprint density at radius 1 is 1.56 bits per heavy atom. The number of carbonyl (C=O) groups is 2. The van der Waals surface area contributed by atoms with Gasteiger partial charge in [0.15, 0.2) is 0 Å². The lowest BCUT2D eigenvalue weighted by Crippen LogP contribution is -2.33. The highest BCUT2D eigenvalue weighted by atomic mass is 32.2. The molecule has 0 atom stereocenters. The van der Waals surface area contributed by atoms with E-state index in [1.165, 1.54) is 21.3 Å². The molecule has 16 heavy (non-hydrogen) atoms. The molecule has 1 aliphatic rings. The number of tetrazole rings is 1. The van der Waals surface area contributed by atoms with Crippen LogP contribution < -0.4 is 0 Å². The van der Waals surface area contributed by atoms with Crippen LogP contribution in [-0.4, -0.2) is 49.2 Å². The molecule has 8 heteroatoms. The first-order chi connectivity index (χ1) is 7.68. The average molecular weight is 241 g/mol. The standard InChI is InChI=1S/C8H11N5O2S/c1-12-8(9-10-11-12)16-5-7(15)13-4-2-3-6(13)14/h2-5H2,1H3. The predicted molar refractivity (Wildman–Crippen MR) is 55.5 cm³/mol. The van der Waals surface area contributed by atoms with Crippen LogP contribution in [0.25, 0.3) is 0 Å². The van der Waals surface area contributed by atoms with E-state index < -0.39 is 0 Å². The van der Waals surface area contributed by atoms with Gasteiger partial charge in [-0.1, -0.05) is 11.8 Å². The third kappa shape index (κ3) is 2.21. The highest BCUT2D eigenvalue weighted by Crippen LogP contribution is 2.16. The van der Waals surface area contributed by atoms with E-state index in [0.29, 0.717) is 18.1 Å². The van der Waals surface area contributed by atoms with Crippen molar-refractivity contribution in [2.75, 3.05) is 12.3 Å². The van der Waals surface area contributed by atoms with Crippen LogP contribution in [-0.2, 0) is 16.6 Å². The minimum Gasteiger partial charge on any atom is -0.282 e. The van der Waals surface area contributed by atoms with Crippen LogP contribution in [0.5, 0.6) is 0 Å². The second kappa shape index (κ2) is 4.60. The van der Waals surface area contributed by atoms with Crippen molar-refractivity contribution < 1.29 is 9.59 Å². The number of amides is 2. The smallest absolute Gasteiger partial charge is 0.239 e. The second-order valence-corrected chi connectivity index (χ2v) is 4.36. The Labute approximate surface area is 96.2 Å². The minimum absolute atomic E-state index is 0.0818. The maximum absolute atomic E-state index is 11.7. The van der Waals surface area contributed by atoms with Crippen molar-refractivity contribution >= 4 is 23.6 Å². The van der Waals surface area contributed by atoms with Crippen molar-refractivity contribution in [3.05, 3.63) is 0 Å². The Kier molecular flexibility index (Phi) is 3.18. The molecule has 1 aromatic heterocycles. The molecule has 0 bridgehead atoms. The zero-order chi connectivity index (χ0) is 11.5. The molecule has 1 aromatic rings. The van der Waals surface area contributed by atoms with Crippen molar-refractivity contribution in [2.45, 2.75) is 18.0 Å². The number of hydrogen-bond acceptors (Lipinski definition) is 6.